The molecule has 2 unspecified atom stereocenters. The molecule has 1 N–H and O–H groups in total. The Balaban J connectivity index is 1.49. The first-order valence-electron chi connectivity index (χ1n) is 7.96. The number of likely N-dealkylation sites (tertiary alicyclic amines) is 1. The summed E-state index contributed by atoms with van der Waals surface area (Å²) in [5.74, 6) is 2.68. The molecule has 5 heteroatoms. The molecular formula is C16H25N3O2. The third-order valence-electron chi connectivity index (χ3n) is 4.46. The summed E-state index contributed by atoms with van der Waals surface area (Å²) in [5, 5.41) is 3.45. The van der Waals surface area contributed by atoms with Gasteiger partial charge >= 0.3 is 0 Å². The normalized spacial score (nSPS) is 26.5. The van der Waals surface area contributed by atoms with Crippen LogP contribution >= 0.6 is 0 Å². The van der Waals surface area contributed by atoms with E-state index >= 15 is 0 Å². The van der Waals surface area contributed by atoms with Gasteiger partial charge in [-0.1, -0.05) is 0 Å². The average Bonchev–Trinajstić information content (AvgIpc) is 3.04. The van der Waals surface area contributed by atoms with E-state index in [0.717, 1.165) is 50.8 Å². The van der Waals surface area contributed by atoms with Gasteiger partial charge in [0.15, 0.2) is 5.96 Å². The minimum absolute atomic E-state index is 0.469. The van der Waals surface area contributed by atoms with Crippen molar-refractivity contribution in [2.75, 3.05) is 33.3 Å². The summed E-state index contributed by atoms with van der Waals surface area (Å²) in [6.07, 6.45) is 6.66. The first-order chi connectivity index (χ1) is 10.4. The van der Waals surface area contributed by atoms with Gasteiger partial charge in [0.05, 0.1) is 12.4 Å². The molecule has 0 radical (unpaired) electrons. The number of ether oxygens (including phenoxy) is 1. The number of hydrogen-bond donors (Lipinski definition) is 1. The van der Waals surface area contributed by atoms with Crippen LogP contribution in [0.2, 0.25) is 0 Å². The molecule has 0 saturated carbocycles. The second-order valence-corrected chi connectivity index (χ2v) is 5.85. The van der Waals surface area contributed by atoms with Crippen molar-refractivity contribution in [3.8, 4) is 0 Å². The fraction of sp³-hybridized carbons (Fsp3) is 0.688. The highest BCUT2D eigenvalue weighted by molar-refractivity contribution is 5.80. The topological polar surface area (TPSA) is 50.0 Å². The molecule has 2 aliphatic rings. The Morgan fingerprint density at radius 3 is 3.24 bits per heavy atom. The van der Waals surface area contributed by atoms with E-state index in [0.29, 0.717) is 12.0 Å². The predicted molar refractivity (Wildman–Crippen MR) is 82.4 cm³/mol. The predicted octanol–water partition coefficient (Wildman–Crippen LogP) is 1.90. The monoisotopic (exact) mass is 291 g/mol. The number of aliphatic imine (C=N–C) groups is 1. The zero-order valence-corrected chi connectivity index (χ0v) is 12.8. The van der Waals surface area contributed by atoms with Gasteiger partial charge in [-0.3, -0.25) is 4.99 Å². The van der Waals surface area contributed by atoms with Crippen molar-refractivity contribution in [2.24, 2.45) is 10.9 Å². The largest absolute Gasteiger partial charge is 0.469 e. The zero-order chi connectivity index (χ0) is 14.5. The number of fused-ring (bicyclic) bond motifs is 1. The highest BCUT2D eigenvalue weighted by Gasteiger charge is 2.33. The van der Waals surface area contributed by atoms with Gasteiger partial charge < -0.3 is 19.4 Å². The molecule has 3 rings (SSSR count). The number of guanidine groups is 1. The molecule has 0 aliphatic carbocycles. The Hall–Kier alpha value is -1.49. The number of furan rings is 1. The van der Waals surface area contributed by atoms with Gasteiger partial charge in [0, 0.05) is 45.6 Å². The number of piperidine rings is 1. The lowest BCUT2D eigenvalue weighted by atomic mass is 9.88. The Kier molecular flexibility index (Phi) is 4.80. The van der Waals surface area contributed by atoms with Crippen molar-refractivity contribution < 1.29 is 9.15 Å². The first-order valence-corrected chi connectivity index (χ1v) is 7.96. The van der Waals surface area contributed by atoms with Crippen molar-refractivity contribution >= 4 is 5.96 Å². The van der Waals surface area contributed by atoms with Gasteiger partial charge in [0.25, 0.3) is 0 Å². The van der Waals surface area contributed by atoms with Gasteiger partial charge in [-0.25, -0.2) is 0 Å². The molecule has 2 atom stereocenters. The van der Waals surface area contributed by atoms with Crippen molar-refractivity contribution in [1.29, 1.82) is 0 Å². The maximum Gasteiger partial charge on any atom is 0.193 e. The second-order valence-electron chi connectivity index (χ2n) is 5.85. The number of hydrogen-bond acceptors (Lipinski definition) is 3. The lowest BCUT2D eigenvalue weighted by Crippen LogP contribution is -2.52. The van der Waals surface area contributed by atoms with Gasteiger partial charge in [0.2, 0.25) is 0 Å². The van der Waals surface area contributed by atoms with E-state index < -0.39 is 0 Å². The molecule has 5 nitrogen and oxygen atoms in total. The summed E-state index contributed by atoms with van der Waals surface area (Å²) >= 11 is 0. The van der Waals surface area contributed by atoms with Crippen LogP contribution in [-0.2, 0) is 11.2 Å². The van der Waals surface area contributed by atoms with Crippen LogP contribution in [0.1, 0.15) is 25.0 Å². The zero-order valence-electron chi connectivity index (χ0n) is 12.8. The van der Waals surface area contributed by atoms with Crippen molar-refractivity contribution in [3.05, 3.63) is 24.2 Å². The van der Waals surface area contributed by atoms with Crippen LogP contribution < -0.4 is 5.32 Å². The Bertz CT molecular complexity index is 458. The van der Waals surface area contributed by atoms with Gasteiger partial charge in [-0.2, -0.15) is 0 Å². The van der Waals surface area contributed by atoms with E-state index in [1.807, 2.05) is 19.2 Å². The van der Waals surface area contributed by atoms with E-state index in [-0.39, 0.29) is 0 Å². The molecule has 2 aliphatic heterocycles. The molecule has 1 aromatic heterocycles. The van der Waals surface area contributed by atoms with Crippen molar-refractivity contribution in [1.82, 2.24) is 10.2 Å². The van der Waals surface area contributed by atoms with E-state index in [9.17, 15) is 0 Å². The molecule has 2 saturated heterocycles. The Morgan fingerprint density at radius 1 is 1.48 bits per heavy atom. The summed E-state index contributed by atoms with van der Waals surface area (Å²) in [7, 11) is 1.86. The molecule has 0 amide bonds. The minimum atomic E-state index is 0.469. The molecule has 21 heavy (non-hydrogen) atoms. The lowest BCUT2D eigenvalue weighted by Gasteiger charge is -2.42. The molecule has 3 heterocycles. The number of nitrogens with zero attached hydrogens (tertiary/aromatic N) is 2. The SMILES string of the molecule is CN=C(NCCc1ccco1)N1CCC2OCCCC2C1. The highest BCUT2D eigenvalue weighted by atomic mass is 16.5. The summed E-state index contributed by atoms with van der Waals surface area (Å²) in [6, 6.07) is 3.94. The van der Waals surface area contributed by atoms with E-state index in [4.69, 9.17) is 9.15 Å². The van der Waals surface area contributed by atoms with Crippen LogP contribution in [0.4, 0.5) is 0 Å². The minimum Gasteiger partial charge on any atom is -0.469 e. The fourth-order valence-electron chi connectivity index (χ4n) is 3.36. The van der Waals surface area contributed by atoms with Gasteiger partial charge in [-0.15, -0.1) is 0 Å². The van der Waals surface area contributed by atoms with Crippen LogP contribution in [0.5, 0.6) is 0 Å². The van der Waals surface area contributed by atoms with Crippen LogP contribution in [0.15, 0.2) is 27.8 Å². The molecule has 0 spiro atoms. The third kappa shape index (κ3) is 3.59. The molecule has 116 valence electrons. The molecule has 2 fully saturated rings. The Labute approximate surface area is 126 Å². The van der Waals surface area contributed by atoms with E-state index in [1.165, 1.54) is 12.8 Å². The first kappa shape index (κ1) is 14.4. The quantitative estimate of drug-likeness (QED) is 0.682. The molecule has 0 aromatic carbocycles. The van der Waals surface area contributed by atoms with E-state index in [2.05, 4.69) is 15.2 Å². The molecular weight excluding hydrogens is 266 g/mol. The molecule has 1 aromatic rings. The van der Waals surface area contributed by atoms with E-state index in [1.54, 1.807) is 6.26 Å². The standard InChI is InChI=1S/C16H25N3O2/c1-17-16(18-8-6-14-5-3-10-20-14)19-9-7-15-13(12-19)4-2-11-21-15/h3,5,10,13,15H,2,4,6-9,11-12H2,1H3,(H,17,18). The van der Waals surface area contributed by atoms with Crippen LogP contribution in [0.25, 0.3) is 0 Å². The average molecular weight is 291 g/mol. The summed E-state index contributed by atoms with van der Waals surface area (Å²) < 4.78 is 11.2. The maximum atomic E-state index is 5.87. The van der Waals surface area contributed by atoms with Crippen molar-refractivity contribution in [3.63, 3.8) is 0 Å². The fourth-order valence-corrected chi connectivity index (χ4v) is 3.36. The van der Waals surface area contributed by atoms with Gasteiger partial charge in [-0.05, 0) is 31.4 Å². The van der Waals surface area contributed by atoms with Crippen LogP contribution in [0.3, 0.4) is 0 Å². The number of nitrogens with one attached hydrogen (secondary N) is 1. The Morgan fingerprint density at radius 2 is 2.43 bits per heavy atom. The second kappa shape index (κ2) is 6.98. The van der Waals surface area contributed by atoms with Crippen LogP contribution in [0, 0.1) is 5.92 Å². The smallest absolute Gasteiger partial charge is 0.193 e. The van der Waals surface area contributed by atoms with Gasteiger partial charge in [0.1, 0.15) is 5.76 Å². The third-order valence-corrected chi connectivity index (χ3v) is 4.46. The summed E-state index contributed by atoms with van der Waals surface area (Å²) in [4.78, 5) is 6.80. The maximum absolute atomic E-state index is 5.87. The number of rotatable bonds is 3. The van der Waals surface area contributed by atoms with Crippen molar-refractivity contribution in [2.45, 2.75) is 31.8 Å². The van der Waals surface area contributed by atoms with Crippen LogP contribution in [-0.4, -0.2) is 50.3 Å². The summed E-state index contributed by atoms with van der Waals surface area (Å²) in [5.41, 5.74) is 0. The lowest BCUT2D eigenvalue weighted by molar-refractivity contribution is -0.0559. The molecule has 0 bridgehead atoms. The highest BCUT2D eigenvalue weighted by Crippen LogP contribution is 2.28. The summed E-state index contributed by atoms with van der Waals surface area (Å²) in [6.45, 7) is 3.88.